The zero-order valence-corrected chi connectivity index (χ0v) is 11.4. The summed E-state index contributed by atoms with van der Waals surface area (Å²) in [5, 5.41) is 10.8. The lowest BCUT2D eigenvalue weighted by Crippen LogP contribution is -2.03. The summed E-state index contributed by atoms with van der Waals surface area (Å²) < 4.78 is 6.11. The molecule has 1 aromatic carbocycles. The van der Waals surface area contributed by atoms with Crippen molar-refractivity contribution < 1.29 is 9.84 Å². The smallest absolute Gasteiger partial charge is 0.0935 e. The van der Waals surface area contributed by atoms with Crippen LogP contribution >= 0.6 is 15.9 Å². The van der Waals surface area contributed by atoms with Crippen LogP contribution in [0.25, 0.3) is 10.9 Å². The van der Waals surface area contributed by atoms with Gasteiger partial charge in [-0.3, -0.25) is 0 Å². The van der Waals surface area contributed by atoms with Gasteiger partial charge in [-0.1, -0.05) is 22.0 Å². The van der Waals surface area contributed by atoms with E-state index in [4.69, 9.17) is 4.74 Å². The lowest BCUT2D eigenvalue weighted by Gasteiger charge is -2.12. The second-order valence-corrected chi connectivity index (χ2v) is 4.89. The second kappa shape index (κ2) is 5.12. The van der Waals surface area contributed by atoms with E-state index in [-0.39, 0.29) is 0 Å². The molecule has 1 aromatic heterocycles. The Morgan fingerprint density at radius 2 is 2.18 bits per heavy atom. The summed E-state index contributed by atoms with van der Waals surface area (Å²) in [4.78, 5) is 4.49. The highest BCUT2D eigenvalue weighted by molar-refractivity contribution is 9.10. The van der Waals surface area contributed by atoms with Gasteiger partial charge in [-0.25, -0.2) is 4.98 Å². The van der Waals surface area contributed by atoms with E-state index in [2.05, 4.69) is 20.9 Å². The molecule has 17 heavy (non-hydrogen) atoms. The highest BCUT2D eigenvalue weighted by atomic mass is 79.9. The predicted octanol–water partition coefficient (Wildman–Crippen LogP) is 3.20. The summed E-state index contributed by atoms with van der Waals surface area (Å²) in [7, 11) is 1.64. The van der Waals surface area contributed by atoms with E-state index in [1.807, 2.05) is 24.3 Å². The van der Waals surface area contributed by atoms with Gasteiger partial charge in [0.05, 0.1) is 23.9 Å². The fraction of sp³-hybridized carbons (Fsp3) is 0.308. The molecule has 2 aromatic rings. The summed E-state index contributed by atoms with van der Waals surface area (Å²) in [6, 6.07) is 7.93. The van der Waals surface area contributed by atoms with Crippen LogP contribution in [-0.2, 0) is 11.3 Å². The number of benzene rings is 1. The van der Waals surface area contributed by atoms with E-state index in [0.29, 0.717) is 12.3 Å². The first-order valence-corrected chi connectivity index (χ1v) is 6.17. The number of aliphatic hydroxyl groups excluding tert-OH is 1. The zero-order valence-electron chi connectivity index (χ0n) is 9.77. The van der Waals surface area contributed by atoms with Crippen molar-refractivity contribution in [3.8, 4) is 0 Å². The molecule has 0 aliphatic carbocycles. The largest absolute Gasteiger partial charge is 0.387 e. The molecule has 0 fully saturated rings. The maximum atomic E-state index is 9.73. The Labute approximate surface area is 109 Å². The molecular formula is C13H14BrNO2. The molecule has 0 aliphatic rings. The van der Waals surface area contributed by atoms with Crippen molar-refractivity contribution in [1.82, 2.24) is 4.98 Å². The van der Waals surface area contributed by atoms with Gasteiger partial charge < -0.3 is 9.84 Å². The van der Waals surface area contributed by atoms with E-state index in [1.54, 1.807) is 14.0 Å². The number of methoxy groups -OCH3 is 1. The van der Waals surface area contributed by atoms with Crippen LogP contribution in [0.4, 0.5) is 0 Å². The Morgan fingerprint density at radius 1 is 1.41 bits per heavy atom. The minimum Gasteiger partial charge on any atom is -0.387 e. The van der Waals surface area contributed by atoms with Gasteiger partial charge in [-0.15, -0.1) is 0 Å². The average molecular weight is 296 g/mol. The maximum absolute atomic E-state index is 9.73. The molecule has 4 heteroatoms. The molecule has 0 aliphatic heterocycles. The van der Waals surface area contributed by atoms with E-state index in [1.165, 1.54) is 0 Å². The molecule has 0 saturated carbocycles. The summed E-state index contributed by atoms with van der Waals surface area (Å²) in [5.74, 6) is 0. The third kappa shape index (κ3) is 2.65. The molecule has 1 atom stereocenters. The number of halogens is 1. The fourth-order valence-corrected chi connectivity index (χ4v) is 2.18. The molecule has 0 unspecified atom stereocenters. The van der Waals surface area contributed by atoms with Gasteiger partial charge in [0.2, 0.25) is 0 Å². The van der Waals surface area contributed by atoms with Crippen LogP contribution < -0.4 is 0 Å². The maximum Gasteiger partial charge on any atom is 0.0935 e. The van der Waals surface area contributed by atoms with Gasteiger partial charge in [-0.2, -0.15) is 0 Å². The number of hydrogen-bond donors (Lipinski definition) is 1. The Balaban J connectivity index is 2.63. The van der Waals surface area contributed by atoms with E-state index < -0.39 is 6.10 Å². The van der Waals surface area contributed by atoms with Crippen LogP contribution in [0.15, 0.2) is 28.7 Å². The van der Waals surface area contributed by atoms with Crippen LogP contribution in [0.5, 0.6) is 0 Å². The van der Waals surface area contributed by atoms with Gasteiger partial charge in [0.15, 0.2) is 0 Å². The third-order valence-corrected chi connectivity index (χ3v) is 3.08. The molecule has 3 nitrogen and oxygen atoms in total. The highest BCUT2D eigenvalue weighted by Gasteiger charge is 2.11. The zero-order chi connectivity index (χ0) is 12.4. The van der Waals surface area contributed by atoms with Crippen molar-refractivity contribution in [1.29, 1.82) is 0 Å². The number of nitrogens with zero attached hydrogens (tertiary/aromatic N) is 1. The number of aromatic nitrogens is 1. The molecule has 1 heterocycles. The van der Waals surface area contributed by atoms with Crippen LogP contribution in [0.3, 0.4) is 0 Å². The first-order valence-electron chi connectivity index (χ1n) is 5.38. The van der Waals surface area contributed by atoms with E-state index in [9.17, 15) is 5.11 Å². The van der Waals surface area contributed by atoms with Crippen LogP contribution in [-0.4, -0.2) is 17.2 Å². The van der Waals surface area contributed by atoms with Gasteiger partial charge >= 0.3 is 0 Å². The summed E-state index contributed by atoms with van der Waals surface area (Å²) in [6.07, 6.45) is -0.594. The normalized spacial score (nSPS) is 12.9. The second-order valence-electron chi connectivity index (χ2n) is 3.98. The van der Waals surface area contributed by atoms with Gasteiger partial charge in [0.1, 0.15) is 0 Å². The Kier molecular flexibility index (Phi) is 3.76. The first kappa shape index (κ1) is 12.5. The van der Waals surface area contributed by atoms with Crippen LogP contribution in [0, 0.1) is 0 Å². The van der Waals surface area contributed by atoms with Crippen molar-refractivity contribution in [3.63, 3.8) is 0 Å². The molecule has 0 bridgehead atoms. The number of rotatable bonds is 3. The average Bonchev–Trinajstić information content (AvgIpc) is 2.28. The molecule has 0 amide bonds. The summed E-state index contributed by atoms with van der Waals surface area (Å²) >= 11 is 3.42. The Morgan fingerprint density at radius 3 is 2.82 bits per heavy atom. The van der Waals surface area contributed by atoms with Gasteiger partial charge in [0.25, 0.3) is 0 Å². The lowest BCUT2D eigenvalue weighted by molar-refractivity contribution is 0.168. The molecule has 0 radical (unpaired) electrons. The number of pyridine rings is 1. The number of hydrogen-bond acceptors (Lipinski definition) is 3. The third-order valence-electron chi connectivity index (χ3n) is 2.59. The van der Waals surface area contributed by atoms with Crippen molar-refractivity contribution in [3.05, 3.63) is 40.0 Å². The topological polar surface area (TPSA) is 42.4 Å². The first-order chi connectivity index (χ1) is 8.11. The lowest BCUT2D eigenvalue weighted by atomic mass is 10.1. The summed E-state index contributed by atoms with van der Waals surface area (Å²) in [6.45, 7) is 2.17. The molecular weight excluding hydrogens is 282 g/mol. The van der Waals surface area contributed by atoms with E-state index >= 15 is 0 Å². The molecule has 1 N–H and O–H groups in total. The van der Waals surface area contributed by atoms with Gasteiger partial charge in [-0.05, 0) is 25.1 Å². The van der Waals surface area contributed by atoms with Crippen LogP contribution in [0.2, 0.25) is 0 Å². The van der Waals surface area contributed by atoms with Crippen molar-refractivity contribution in [2.75, 3.05) is 7.11 Å². The minimum absolute atomic E-state index is 0.458. The monoisotopic (exact) mass is 295 g/mol. The quantitative estimate of drug-likeness (QED) is 0.945. The Bertz CT molecular complexity index is 540. The SMILES string of the molecule is COCc1cc2ccc(Br)cc2nc1[C@@H](C)O. The number of ether oxygens (including phenoxy) is 1. The number of fused-ring (bicyclic) bond motifs is 1. The molecule has 0 saturated heterocycles. The predicted molar refractivity (Wildman–Crippen MR) is 70.8 cm³/mol. The molecule has 90 valence electrons. The Hall–Kier alpha value is -0.970. The molecule has 0 spiro atoms. The van der Waals surface area contributed by atoms with Crippen molar-refractivity contribution in [2.24, 2.45) is 0 Å². The van der Waals surface area contributed by atoms with Gasteiger partial charge in [0, 0.05) is 22.5 Å². The molecule has 2 rings (SSSR count). The standard InChI is InChI=1S/C13H14BrNO2/c1-8(16)13-10(7-17-2)5-9-3-4-11(14)6-12(9)15-13/h3-6,8,16H,7H2,1-2H3/t8-/m1/s1. The minimum atomic E-state index is -0.594. The van der Waals surface area contributed by atoms with Crippen molar-refractivity contribution in [2.45, 2.75) is 19.6 Å². The van der Waals surface area contributed by atoms with E-state index in [0.717, 1.165) is 20.9 Å². The fourth-order valence-electron chi connectivity index (χ4n) is 1.83. The summed E-state index contributed by atoms with van der Waals surface area (Å²) in [5.41, 5.74) is 2.48. The van der Waals surface area contributed by atoms with Crippen LogP contribution in [0.1, 0.15) is 24.3 Å². The number of aliphatic hydroxyl groups is 1. The highest BCUT2D eigenvalue weighted by Crippen LogP contribution is 2.24. The van der Waals surface area contributed by atoms with Crippen molar-refractivity contribution >= 4 is 26.8 Å².